The molecule has 0 aliphatic rings. The number of ether oxygens (including phenoxy) is 1. The molecule has 4 heteroatoms. The van der Waals surface area contributed by atoms with Gasteiger partial charge < -0.3 is 9.94 Å². The van der Waals surface area contributed by atoms with Crippen molar-refractivity contribution < 1.29 is 9.94 Å². The topological polar surface area (TPSA) is 41.5 Å². The summed E-state index contributed by atoms with van der Waals surface area (Å²) in [5.41, 5.74) is 2.25. The van der Waals surface area contributed by atoms with Gasteiger partial charge >= 0.3 is 0 Å². The third kappa shape index (κ3) is 4.04. The van der Waals surface area contributed by atoms with E-state index < -0.39 is 0 Å². The maximum atomic E-state index is 8.76. The molecule has 1 atom stereocenters. The Morgan fingerprint density at radius 3 is 2.38 bits per heavy atom. The highest BCUT2D eigenvalue weighted by Gasteiger charge is 2.14. The average molecular weight is 241 g/mol. The van der Waals surface area contributed by atoms with E-state index in [1.54, 1.807) is 18.9 Å². The fourth-order valence-corrected chi connectivity index (χ4v) is 2.41. The molecule has 1 aromatic rings. The lowest BCUT2D eigenvalue weighted by atomic mass is 10.1. The van der Waals surface area contributed by atoms with Gasteiger partial charge in [-0.15, -0.1) is 11.8 Å². The number of rotatable bonds is 6. The quantitative estimate of drug-likeness (QED) is 0.593. The molecular formula is C12H19NO2S. The molecule has 0 heterocycles. The van der Waals surface area contributed by atoms with Crippen molar-refractivity contribution in [2.75, 3.05) is 13.7 Å². The molecule has 0 amide bonds. The van der Waals surface area contributed by atoms with Crippen molar-refractivity contribution in [3.63, 3.8) is 0 Å². The Balaban J connectivity index is 2.62. The molecule has 16 heavy (non-hydrogen) atoms. The molecule has 0 bridgehead atoms. The van der Waals surface area contributed by atoms with Crippen molar-refractivity contribution in [3.8, 4) is 5.75 Å². The largest absolute Gasteiger partial charge is 0.497 e. The van der Waals surface area contributed by atoms with Gasteiger partial charge in [0.25, 0.3) is 0 Å². The number of hydroxylamine groups is 1. The summed E-state index contributed by atoms with van der Waals surface area (Å²) in [6, 6.07) is 7.98. The predicted octanol–water partition coefficient (Wildman–Crippen LogP) is 2.79. The van der Waals surface area contributed by atoms with Crippen LogP contribution in [0.5, 0.6) is 5.75 Å². The first-order valence-corrected chi connectivity index (χ1v) is 6.23. The molecule has 0 aliphatic heterocycles. The summed E-state index contributed by atoms with van der Waals surface area (Å²) in [7, 11) is 1.66. The van der Waals surface area contributed by atoms with Crippen LogP contribution in [0.25, 0.3) is 0 Å². The fraction of sp³-hybridized carbons (Fsp3) is 0.500. The molecule has 0 saturated carbocycles. The standard InChI is InChI=1S/C12H19NO2S/c1-9(2)12(8-13-14)16-11-6-4-10(15-3)5-7-11/h4-7,9,12-14H,8H2,1-3H3. The Kier molecular flexibility index (Phi) is 5.66. The first kappa shape index (κ1) is 13.4. The van der Waals surface area contributed by atoms with Gasteiger partial charge in [-0.2, -0.15) is 0 Å². The van der Waals surface area contributed by atoms with Gasteiger partial charge in [-0.3, -0.25) is 0 Å². The van der Waals surface area contributed by atoms with E-state index in [-0.39, 0.29) is 0 Å². The number of hydrogen-bond donors (Lipinski definition) is 2. The van der Waals surface area contributed by atoms with E-state index in [9.17, 15) is 0 Å². The lowest BCUT2D eigenvalue weighted by Gasteiger charge is -2.19. The van der Waals surface area contributed by atoms with Crippen LogP contribution in [0, 0.1) is 5.92 Å². The Bertz CT molecular complexity index is 300. The highest BCUT2D eigenvalue weighted by Crippen LogP contribution is 2.28. The van der Waals surface area contributed by atoms with E-state index in [1.165, 1.54) is 4.90 Å². The van der Waals surface area contributed by atoms with Gasteiger partial charge in [0.2, 0.25) is 0 Å². The van der Waals surface area contributed by atoms with E-state index in [0.29, 0.717) is 17.7 Å². The van der Waals surface area contributed by atoms with E-state index >= 15 is 0 Å². The molecule has 3 nitrogen and oxygen atoms in total. The summed E-state index contributed by atoms with van der Waals surface area (Å²) < 4.78 is 5.11. The highest BCUT2D eigenvalue weighted by molar-refractivity contribution is 8.00. The zero-order valence-electron chi connectivity index (χ0n) is 9.93. The van der Waals surface area contributed by atoms with Gasteiger partial charge in [-0.25, -0.2) is 5.48 Å². The third-order valence-electron chi connectivity index (χ3n) is 2.38. The van der Waals surface area contributed by atoms with Crippen LogP contribution in [0.1, 0.15) is 13.8 Å². The lowest BCUT2D eigenvalue weighted by molar-refractivity contribution is 0.163. The van der Waals surface area contributed by atoms with Gasteiger partial charge in [0.1, 0.15) is 5.75 Å². The van der Waals surface area contributed by atoms with Gasteiger partial charge in [0.05, 0.1) is 7.11 Å². The van der Waals surface area contributed by atoms with Crippen LogP contribution in [0.15, 0.2) is 29.2 Å². The van der Waals surface area contributed by atoms with Crippen LogP contribution in [0.2, 0.25) is 0 Å². The fourth-order valence-electron chi connectivity index (χ4n) is 1.33. The average Bonchev–Trinajstić information content (AvgIpc) is 2.29. The minimum absolute atomic E-state index is 0.360. The Labute approximate surface area is 101 Å². The van der Waals surface area contributed by atoms with E-state index in [0.717, 1.165) is 5.75 Å². The molecule has 1 unspecified atom stereocenters. The Morgan fingerprint density at radius 2 is 1.94 bits per heavy atom. The zero-order chi connectivity index (χ0) is 12.0. The Hall–Kier alpha value is -0.710. The smallest absolute Gasteiger partial charge is 0.118 e. The van der Waals surface area contributed by atoms with Crippen LogP contribution in [0.4, 0.5) is 0 Å². The first-order chi connectivity index (χ1) is 7.67. The Morgan fingerprint density at radius 1 is 1.31 bits per heavy atom. The van der Waals surface area contributed by atoms with Crippen molar-refractivity contribution in [2.45, 2.75) is 24.0 Å². The molecule has 2 N–H and O–H groups in total. The molecule has 90 valence electrons. The van der Waals surface area contributed by atoms with E-state index in [1.807, 2.05) is 24.3 Å². The van der Waals surface area contributed by atoms with E-state index in [4.69, 9.17) is 9.94 Å². The van der Waals surface area contributed by atoms with Crippen molar-refractivity contribution in [3.05, 3.63) is 24.3 Å². The van der Waals surface area contributed by atoms with Crippen LogP contribution in [0.3, 0.4) is 0 Å². The minimum atomic E-state index is 0.360. The number of hydrogen-bond acceptors (Lipinski definition) is 4. The van der Waals surface area contributed by atoms with Gasteiger partial charge in [0, 0.05) is 16.7 Å². The van der Waals surface area contributed by atoms with E-state index in [2.05, 4.69) is 19.3 Å². The first-order valence-electron chi connectivity index (χ1n) is 5.35. The molecule has 0 saturated heterocycles. The number of nitrogens with one attached hydrogen (secondary N) is 1. The zero-order valence-corrected chi connectivity index (χ0v) is 10.8. The van der Waals surface area contributed by atoms with Crippen LogP contribution in [-0.4, -0.2) is 24.1 Å². The second kappa shape index (κ2) is 6.78. The van der Waals surface area contributed by atoms with Gasteiger partial charge in [-0.05, 0) is 30.2 Å². The molecule has 0 fully saturated rings. The second-order valence-electron chi connectivity index (χ2n) is 3.94. The summed E-state index contributed by atoms with van der Waals surface area (Å²) >= 11 is 1.76. The maximum Gasteiger partial charge on any atom is 0.118 e. The summed E-state index contributed by atoms with van der Waals surface area (Å²) in [6.45, 7) is 4.89. The SMILES string of the molecule is COc1ccc(SC(CNO)C(C)C)cc1. The molecular weight excluding hydrogens is 222 g/mol. The molecule has 0 aromatic heterocycles. The maximum absolute atomic E-state index is 8.76. The molecule has 0 aliphatic carbocycles. The third-order valence-corrected chi connectivity index (χ3v) is 3.94. The number of benzene rings is 1. The minimum Gasteiger partial charge on any atom is -0.497 e. The predicted molar refractivity (Wildman–Crippen MR) is 67.3 cm³/mol. The summed E-state index contributed by atoms with van der Waals surface area (Å²) in [5, 5.41) is 9.12. The van der Waals surface area contributed by atoms with Crippen molar-refractivity contribution in [2.24, 2.45) is 5.92 Å². The normalized spacial score (nSPS) is 12.8. The summed E-state index contributed by atoms with van der Waals surface area (Å²) in [4.78, 5) is 1.19. The van der Waals surface area contributed by atoms with Crippen molar-refractivity contribution >= 4 is 11.8 Å². The second-order valence-corrected chi connectivity index (χ2v) is 5.25. The number of methoxy groups -OCH3 is 1. The summed E-state index contributed by atoms with van der Waals surface area (Å²) in [5.74, 6) is 1.37. The van der Waals surface area contributed by atoms with Crippen LogP contribution < -0.4 is 10.2 Å². The highest BCUT2D eigenvalue weighted by atomic mass is 32.2. The van der Waals surface area contributed by atoms with Crippen molar-refractivity contribution in [1.29, 1.82) is 0 Å². The van der Waals surface area contributed by atoms with Crippen LogP contribution in [-0.2, 0) is 0 Å². The molecule has 0 spiro atoms. The van der Waals surface area contributed by atoms with Gasteiger partial charge in [0.15, 0.2) is 0 Å². The molecule has 1 aromatic carbocycles. The number of thioether (sulfide) groups is 1. The van der Waals surface area contributed by atoms with Gasteiger partial charge in [-0.1, -0.05) is 13.8 Å². The lowest BCUT2D eigenvalue weighted by Crippen LogP contribution is -2.25. The van der Waals surface area contributed by atoms with Crippen molar-refractivity contribution in [1.82, 2.24) is 5.48 Å². The molecule has 0 radical (unpaired) electrons. The monoisotopic (exact) mass is 241 g/mol. The van der Waals surface area contributed by atoms with Crippen LogP contribution >= 0.6 is 11.8 Å². The molecule has 1 rings (SSSR count). The summed E-state index contributed by atoms with van der Waals surface area (Å²) in [6.07, 6.45) is 0.